The summed E-state index contributed by atoms with van der Waals surface area (Å²) in [5, 5.41) is 2.71. The third-order valence-corrected chi connectivity index (χ3v) is 4.33. The number of methoxy groups -OCH3 is 2. The van der Waals surface area contributed by atoms with Gasteiger partial charge in [-0.05, 0) is 42.8 Å². The van der Waals surface area contributed by atoms with Crippen LogP contribution in [0.5, 0.6) is 11.5 Å². The summed E-state index contributed by atoms with van der Waals surface area (Å²) in [6.07, 6.45) is -4.92. The monoisotopic (exact) mass is 424 g/mol. The van der Waals surface area contributed by atoms with E-state index >= 15 is 0 Å². The average Bonchev–Trinajstić information content (AvgIpc) is 2.70. The molecular formula is C21H23F3N2O4. The third kappa shape index (κ3) is 6.13. The van der Waals surface area contributed by atoms with E-state index in [1.165, 1.54) is 27.2 Å². The maximum atomic E-state index is 12.7. The van der Waals surface area contributed by atoms with Crippen molar-refractivity contribution in [3.8, 4) is 11.5 Å². The zero-order valence-corrected chi connectivity index (χ0v) is 16.9. The smallest absolute Gasteiger partial charge is 0.471 e. The van der Waals surface area contributed by atoms with Crippen molar-refractivity contribution < 1.29 is 32.2 Å². The Hall–Kier alpha value is -3.23. The van der Waals surface area contributed by atoms with E-state index in [2.05, 4.69) is 5.32 Å². The highest BCUT2D eigenvalue weighted by atomic mass is 19.4. The van der Waals surface area contributed by atoms with Crippen LogP contribution in [0.2, 0.25) is 0 Å². The molecule has 0 aliphatic heterocycles. The van der Waals surface area contributed by atoms with Crippen molar-refractivity contribution in [3.63, 3.8) is 0 Å². The maximum Gasteiger partial charge on any atom is 0.471 e. The van der Waals surface area contributed by atoms with Gasteiger partial charge in [0.1, 0.15) is 11.5 Å². The SMILES string of the molecule is CCN(Cc1cccc(NC(=O)Cc2cc(OC)ccc2OC)c1)C(=O)C(F)(F)F. The van der Waals surface area contributed by atoms with E-state index in [4.69, 9.17) is 9.47 Å². The van der Waals surface area contributed by atoms with Crippen molar-refractivity contribution in [3.05, 3.63) is 53.6 Å². The Kier molecular flexibility index (Phi) is 7.68. The van der Waals surface area contributed by atoms with Crippen LogP contribution in [0.1, 0.15) is 18.1 Å². The van der Waals surface area contributed by atoms with Gasteiger partial charge in [-0.15, -0.1) is 0 Å². The topological polar surface area (TPSA) is 67.9 Å². The van der Waals surface area contributed by atoms with Crippen molar-refractivity contribution in [2.45, 2.75) is 26.1 Å². The number of benzene rings is 2. The molecule has 0 spiro atoms. The minimum Gasteiger partial charge on any atom is -0.497 e. The lowest BCUT2D eigenvalue weighted by Crippen LogP contribution is -2.40. The molecule has 2 amide bonds. The van der Waals surface area contributed by atoms with Gasteiger partial charge in [-0.25, -0.2) is 0 Å². The Morgan fingerprint density at radius 3 is 2.40 bits per heavy atom. The zero-order chi connectivity index (χ0) is 22.3. The fourth-order valence-corrected chi connectivity index (χ4v) is 2.87. The van der Waals surface area contributed by atoms with Gasteiger partial charge in [0.05, 0.1) is 20.6 Å². The molecule has 0 unspecified atom stereocenters. The largest absolute Gasteiger partial charge is 0.497 e. The van der Waals surface area contributed by atoms with Crippen LogP contribution in [0.3, 0.4) is 0 Å². The number of ether oxygens (including phenoxy) is 2. The van der Waals surface area contributed by atoms with Gasteiger partial charge < -0.3 is 19.7 Å². The highest BCUT2D eigenvalue weighted by molar-refractivity contribution is 5.92. The summed E-state index contributed by atoms with van der Waals surface area (Å²) in [6, 6.07) is 11.4. The Morgan fingerprint density at radius 1 is 1.07 bits per heavy atom. The van der Waals surface area contributed by atoms with Crippen LogP contribution < -0.4 is 14.8 Å². The molecule has 6 nitrogen and oxygen atoms in total. The van der Waals surface area contributed by atoms with Crippen LogP contribution in [-0.2, 0) is 22.6 Å². The van der Waals surface area contributed by atoms with Gasteiger partial charge in [-0.1, -0.05) is 12.1 Å². The number of anilines is 1. The second kappa shape index (κ2) is 10.00. The Balaban J connectivity index is 2.10. The number of carbonyl (C=O) groups is 2. The zero-order valence-electron chi connectivity index (χ0n) is 16.9. The number of alkyl halides is 3. The van der Waals surface area contributed by atoms with Crippen LogP contribution in [0.4, 0.5) is 18.9 Å². The van der Waals surface area contributed by atoms with Crippen LogP contribution >= 0.6 is 0 Å². The molecule has 162 valence electrons. The van der Waals surface area contributed by atoms with E-state index in [1.807, 2.05) is 0 Å². The van der Waals surface area contributed by atoms with Crippen molar-refractivity contribution in [2.24, 2.45) is 0 Å². The van der Waals surface area contributed by atoms with Crippen LogP contribution in [0, 0.1) is 0 Å². The van der Waals surface area contributed by atoms with Crippen molar-refractivity contribution in [1.82, 2.24) is 4.90 Å². The molecule has 9 heteroatoms. The normalized spacial score (nSPS) is 11.0. The van der Waals surface area contributed by atoms with Crippen molar-refractivity contribution in [2.75, 3.05) is 26.1 Å². The van der Waals surface area contributed by atoms with Crippen molar-refractivity contribution >= 4 is 17.5 Å². The Labute approximate surface area is 172 Å². The minimum atomic E-state index is -4.93. The van der Waals surface area contributed by atoms with Gasteiger partial charge in [0.25, 0.3) is 0 Å². The summed E-state index contributed by atoms with van der Waals surface area (Å²) in [5.74, 6) is -1.12. The number of nitrogens with zero attached hydrogens (tertiary/aromatic N) is 1. The number of nitrogens with one attached hydrogen (secondary N) is 1. The summed E-state index contributed by atoms with van der Waals surface area (Å²) < 4.78 is 48.5. The highest BCUT2D eigenvalue weighted by Crippen LogP contribution is 2.25. The molecule has 2 rings (SSSR count). The first-order valence-electron chi connectivity index (χ1n) is 9.13. The van der Waals surface area contributed by atoms with E-state index in [-0.39, 0.29) is 25.4 Å². The first-order chi connectivity index (χ1) is 14.2. The van der Waals surface area contributed by atoms with Gasteiger partial charge in [0, 0.05) is 24.3 Å². The molecule has 0 aromatic heterocycles. The van der Waals surface area contributed by atoms with Gasteiger partial charge in [0.15, 0.2) is 0 Å². The van der Waals surface area contributed by atoms with E-state index in [1.54, 1.807) is 36.4 Å². The van der Waals surface area contributed by atoms with E-state index in [0.29, 0.717) is 33.2 Å². The molecule has 2 aromatic rings. The summed E-state index contributed by atoms with van der Waals surface area (Å²) in [4.78, 5) is 24.6. The van der Waals surface area contributed by atoms with Gasteiger partial charge in [0.2, 0.25) is 5.91 Å². The molecule has 0 radical (unpaired) electrons. The lowest BCUT2D eigenvalue weighted by molar-refractivity contribution is -0.185. The molecule has 0 atom stereocenters. The number of carbonyl (C=O) groups excluding carboxylic acids is 2. The summed E-state index contributed by atoms with van der Waals surface area (Å²) in [6.45, 7) is 1.16. The summed E-state index contributed by atoms with van der Waals surface area (Å²) >= 11 is 0. The van der Waals surface area contributed by atoms with Crippen LogP contribution in [0.25, 0.3) is 0 Å². The fourth-order valence-electron chi connectivity index (χ4n) is 2.87. The first kappa shape index (κ1) is 23.1. The standard InChI is InChI=1S/C21H23F3N2O4/c1-4-26(20(28)21(22,23)24)13-14-6-5-7-16(10-14)25-19(27)12-15-11-17(29-2)8-9-18(15)30-3/h5-11H,4,12-13H2,1-3H3,(H,25,27). The lowest BCUT2D eigenvalue weighted by atomic mass is 10.1. The molecule has 0 saturated heterocycles. The molecule has 0 aliphatic rings. The number of halogens is 3. The fraction of sp³-hybridized carbons (Fsp3) is 0.333. The number of rotatable bonds is 8. The van der Waals surface area contributed by atoms with Gasteiger partial charge in [-0.2, -0.15) is 13.2 Å². The number of hydrogen-bond donors (Lipinski definition) is 1. The molecular weight excluding hydrogens is 401 g/mol. The van der Waals surface area contributed by atoms with E-state index in [0.717, 1.165) is 0 Å². The number of hydrogen-bond acceptors (Lipinski definition) is 4. The minimum absolute atomic E-state index is 0.0121. The molecule has 0 aliphatic carbocycles. The number of amides is 2. The summed E-state index contributed by atoms with van der Waals surface area (Å²) in [7, 11) is 3.01. The highest BCUT2D eigenvalue weighted by Gasteiger charge is 2.41. The van der Waals surface area contributed by atoms with E-state index in [9.17, 15) is 22.8 Å². The predicted octanol–water partition coefficient (Wildman–Crippen LogP) is 3.80. The Morgan fingerprint density at radius 2 is 1.80 bits per heavy atom. The van der Waals surface area contributed by atoms with Crippen molar-refractivity contribution in [1.29, 1.82) is 0 Å². The lowest BCUT2D eigenvalue weighted by Gasteiger charge is -2.22. The molecule has 0 saturated carbocycles. The molecule has 1 N–H and O–H groups in total. The molecule has 0 bridgehead atoms. The van der Waals surface area contributed by atoms with Crippen LogP contribution in [-0.4, -0.2) is 43.7 Å². The second-order valence-electron chi connectivity index (χ2n) is 6.42. The Bertz CT molecular complexity index is 900. The molecule has 2 aromatic carbocycles. The summed E-state index contributed by atoms with van der Waals surface area (Å²) in [5.41, 5.74) is 1.50. The quantitative estimate of drug-likeness (QED) is 0.700. The van der Waals surface area contributed by atoms with Crippen LogP contribution in [0.15, 0.2) is 42.5 Å². The second-order valence-corrected chi connectivity index (χ2v) is 6.42. The molecule has 0 fully saturated rings. The molecule has 0 heterocycles. The van der Waals surface area contributed by atoms with E-state index < -0.39 is 12.1 Å². The molecule has 30 heavy (non-hydrogen) atoms. The van der Waals surface area contributed by atoms with Gasteiger partial charge in [-0.3, -0.25) is 9.59 Å². The third-order valence-electron chi connectivity index (χ3n) is 4.33. The van der Waals surface area contributed by atoms with Gasteiger partial charge >= 0.3 is 12.1 Å². The first-order valence-corrected chi connectivity index (χ1v) is 9.13. The predicted molar refractivity (Wildman–Crippen MR) is 105 cm³/mol. The average molecular weight is 424 g/mol. The maximum absolute atomic E-state index is 12.7.